The van der Waals surface area contributed by atoms with E-state index in [1.54, 1.807) is 7.05 Å². The van der Waals surface area contributed by atoms with Gasteiger partial charge in [-0.2, -0.15) is 0 Å². The molecule has 0 radical (unpaired) electrons. The van der Waals surface area contributed by atoms with Crippen molar-refractivity contribution in [2.24, 2.45) is 0 Å². The molecular weight excluding hydrogens is 218 g/mol. The van der Waals surface area contributed by atoms with Crippen LogP contribution in [-0.4, -0.2) is 62.8 Å². The lowest BCUT2D eigenvalue weighted by atomic mass is 10.1. The Bertz CT molecular complexity index is 256. The molecule has 1 atom stereocenters. The second-order valence-corrected chi connectivity index (χ2v) is 5.17. The minimum atomic E-state index is -0.510. The Balaban J connectivity index is 2.21. The van der Waals surface area contributed by atoms with E-state index in [-0.39, 0.29) is 12.0 Å². The van der Waals surface area contributed by atoms with Gasteiger partial charge in [-0.15, -0.1) is 0 Å². The largest absolute Gasteiger partial charge is 0.375 e. The lowest BCUT2D eigenvalue weighted by molar-refractivity contribution is -0.126. The van der Waals surface area contributed by atoms with E-state index in [0.717, 1.165) is 26.1 Å². The van der Waals surface area contributed by atoms with Crippen molar-refractivity contribution in [1.29, 1.82) is 0 Å². The monoisotopic (exact) mass is 243 g/mol. The fourth-order valence-corrected chi connectivity index (χ4v) is 1.72. The van der Waals surface area contributed by atoms with Crippen molar-refractivity contribution in [1.82, 2.24) is 15.5 Å². The summed E-state index contributed by atoms with van der Waals surface area (Å²) < 4.78 is 5.63. The molecule has 100 valence electrons. The van der Waals surface area contributed by atoms with E-state index in [9.17, 15) is 4.79 Å². The summed E-state index contributed by atoms with van der Waals surface area (Å²) in [4.78, 5) is 14.0. The van der Waals surface area contributed by atoms with Crippen LogP contribution < -0.4 is 10.6 Å². The number of rotatable bonds is 5. The minimum absolute atomic E-state index is 0.0316. The molecule has 1 amide bonds. The van der Waals surface area contributed by atoms with Gasteiger partial charge in [-0.1, -0.05) is 0 Å². The molecule has 0 saturated carbocycles. The zero-order valence-electron chi connectivity index (χ0n) is 11.4. The molecule has 1 heterocycles. The van der Waals surface area contributed by atoms with Crippen LogP contribution in [0, 0.1) is 0 Å². The molecule has 1 saturated heterocycles. The van der Waals surface area contributed by atoms with E-state index in [1.807, 2.05) is 13.8 Å². The molecule has 0 aromatic carbocycles. The molecule has 5 heteroatoms. The molecule has 0 unspecified atom stereocenters. The summed E-state index contributed by atoms with van der Waals surface area (Å²) in [7, 11) is 3.89. The van der Waals surface area contributed by atoms with Gasteiger partial charge in [-0.3, -0.25) is 4.79 Å². The van der Waals surface area contributed by atoms with Gasteiger partial charge >= 0.3 is 0 Å². The van der Waals surface area contributed by atoms with Crippen LogP contribution in [0.5, 0.6) is 0 Å². The minimum Gasteiger partial charge on any atom is -0.375 e. The lowest BCUT2D eigenvalue weighted by Crippen LogP contribution is -2.51. The van der Waals surface area contributed by atoms with E-state index in [1.165, 1.54) is 0 Å². The van der Waals surface area contributed by atoms with Gasteiger partial charge in [0.05, 0.1) is 18.2 Å². The Hall–Kier alpha value is -0.650. The lowest BCUT2D eigenvalue weighted by Gasteiger charge is -2.30. The molecule has 0 spiro atoms. The van der Waals surface area contributed by atoms with Crippen molar-refractivity contribution in [3.63, 3.8) is 0 Å². The molecule has 0 aromatic rings. The summed E-state index contributed by atoms with van der Waals surface area (Å²) in [6.07, 6.45) is 1.11. The Morgan fingerprint density at radius 2 is 2.24 bits per heavy atom. The predicted octanol–water partition coefficient (Wildman–Crippen LogP) is -0.179. The van der Waals surface area contributed by atoms with Crippen molar-refractivity contribution in [3.8, 4) is 0 Å². The first-order valence-corrected chi connectivity index (χ1v) is 6.23. The highest BCUT2D eigenvalue weighted by molar-refractivity contribution is 5.85. The molecule has 2 N–H and O–H groups in total. The van der Waals surface area contributed by atoms with E-state index in [4.69, 9.17) is 4.74 Å². The maximum atomic E-state index is 11.8. The van der Waals surface area contributed by atoms with Crippen molar-refractivity contribution in [3.05, 3.63) is 0 Å². The fraction of sp³-hybridized carbons (Fsp3) is 0.917. The second-order valence-electron chi connectivity index (χ2n) is 5.17. The maximum absolute atomic E-state index is 11.8. The van der Waals surface area contributed by atoms with Crippen LogP contribution in [0.3, 0.4) is 0 Å². The molecule has 0 aliphatic carbocycles. The molecular formula is C12H25N3O2. The first-order chi connectivity index (χ1) is 7.95. The second kappa shape index (κ2) is 6.33. The van der Waals surface area contributed by atoms with Gasteiger partial charge in [0.25, 0.3) is 0 Å². The molecule has 0 bridgehead atoms. The van der Waals surface area contributed by atoms with E-state index >= 15 is 0 Å². The van der Waals surface area contributed by atoms with E-state index < -0.39 is 5.54 Å². The zero-order valence-corrected chi connectivity index (χ0v) is 11.4. The summed E-state index contributed by atoms with van der Waals surface area (Å²) in [5.74, 6) is 0.0316. The number of carbonyl (C=O) groups is 1. The molecule has 1 aliphatic heterocycles. The van der Waals surface area contributed by atoms with Crippen LogP contribution in [0.15, 0.2) is 0 Å². The highest BCUT2D eigenvalue weighted by Crippen LogP contribution is 2.06. The van der Waals surface area contributed by atoms with Crippen LogP contribution in [0.25, 0.3) is 0 Å². The average Bonchev–Trinajstić information content (AvgIpc) is 2.29. The van der Waals surface area contributed by atoms with Gasteiger partial charge in [0.1, 0.15) is 0 Å². The number of nitrogens with zero attached hydrogens (tertiary/aromatic N) is 1. The molecule has 0 aromatic heterocycles. The van der Waals surface area contributed by atoms with Crippen LogP contribution in [0.1, 0.15) is 20.3 Å². The summed E-state index contributed by atoms with van der Waals surface area (Å²) in [5.41, 5.74) is -0.510. The topological polar surface area (TPSA) is 53.6 Å². The Kier molecular flexibility index (Phi) is 5.36. The van der Waals surface area contributed by atoms with Crippen LogP contribution in [-0.2, 0) is 9.53 Å². The number of carbonyl (C=O) groups excluding carboxylic acids is 1. The highest BCUT2D eigenvalue weighted by Gasteiger charge is 2.25. The maximum Gasteiger partial charge on any atom is 0.239 e. The first kappa shape index (κ1) is 14.4. The van der Waals surface area contributed by atoms with Gasteiger partial charge in [0, 0.05) is 19.6 Å². The Morgan fingerprint density at radius 3 is 2.82 bits per heavy atom. The smallest absolute Gasteiger partial charge is 0.239 e. The van der Waals surface area contributed by atoms with Gasteiger partial charge in [-0.05, 0) is 34.4 Å². The van der Waals surface area contributed by atoms with Gasteiger partial charge in [-0.25, -0.2) is 0 Å². The number of amides is 1. The van der Waals surface area contributed by atoms with Crippen molar-refractivity contribution in [2.75, 3.05) is 40.3 Å². The summed E-state index contributed by atoms with van der Waals surface area (Å²) >= 11 is 0. The van der Waals surface area contributed by atoms with E-state index in [2.05, 4.69) is 22.6 Å². The number of hydrogen-bond acceptors (Lipinski definition) is 4. The van der Waals surface area contributed by atoms with Crippen molar-refractivity contribution in [2.45, 2.75) is 31.9 Å². The fourth-order valence-electron chi connectivity index (χ4n) is 1.72. The summed E-state index contributed by atoms with van der Waals surface area (Å²) in [6, 6.07) is 0. The van der Waals surface area contributed by atoms with Gasteiger partial charge < -0.3 is 20.3 Å². The standard InChI is InChI=1S/C12H25N3O2/c1-12(2,13-3)11(16)14-6-5-10-9-15(4)7-8-17-10/h10,13H,5-9H2,1-4H3,(H,14,16)/t10-/m0/s1. The number of hydrogen-bond donors (Lipinski definition) is 2. The summed E-state index contributed by atoms with van der Waals surface area (Å²) in [5, 5.41) is 5.92. The highest BCUT2D eigenvalue weighted by atomic mass is 16.5. The zero-order chi connectivity index (χ0) is 12.9. The first-order valence-electron chi connectivity index (χ1n) is 6.23. The number of morpholine rings is 1. The summed E-state index contributed by atoms with van der Waals surface area (Å²) in [6.45, 7) is 7.14. The molecule has 17 heavy (non-hydrogen) atoms. The number of likely N-dealkylation sites (N-methyl/N-ethyl adjacent to an activating group) is 2. The van der Waals surface area contributed by atoms with Gasteiger partial charge in [0.15, 0.2) is 0 Å². The van der Waals surface area contributed by atoms with Crippen molar-refractivity contribution >= 4 is 5.91 Å². The van der Waals surface area contributed by atoms with Gasteiger partial charge in [0.2, 0.25) is 5.91 Å². The normalized spacial score (nSPS) is 22.5. The third kappa shape index (κ3) is 4.61. The number of ether oxygens (including phenoxy) is 1. The molecule has 1 rings (SSSR count). The molecule has 5 nitrogen and oxygen atoms in total. The van der Waals surface area contributed by atoms with Crippen molar-refractivity contribution < 1.29 is 9.53 Å². The van der Waals surface area contributed by atoms with Crippen LogP contribution >= 0.6 is 0 Å². The average molecular weight is 243 g/mol. The third-order valence-electron chi connectivity index (χ3n) is 3.29. The van der Waals surface area contributed by atoms with E-state index in [0.29, 0.717) is 6.54 Å². The third-order valence-corrected chi connectivity index (χ3v) is 3.29. The molecule has 1 fully saturated rings. The molecule has 1 aliphatic rings. The SMILES string of the molecule is CNC(C)(C)C(=O)NCC[C@H]1CN(C)CCO1. The van der Waals surface area contributed by atoms with Crippen LogP contribution in [0.2, 0.25) is 0 Å². The Labute approximate surface area is 104 Å². The van der Waals surface area contributed by atoms with Crippen LogP contribution in [0.4, 0.5) is 0 Å². The quantitative estimate of drug-likeness (QED) is 0.703. The predicted molar refractivity (Wildman–Crippen MR) is 68.0 cm³/mol. The number of nitrogens with one attached hydrogen (secondary N) is 2. The Morgan fingerprint density at radius 1 is 1.53 bits per heavy atom.